The van der Waals surface area contributed by atoms with E-state index in [9.17, 15) is 0 Å². The summed E-state index contributed by atoms with van der Waals surface area (Å²) >= 11 is 0. The summed E-state index contributed by atoms with van der Waals surface area (Å²) in [6.45, 7) is 6.74. The van der Waals surface area contributed by atoms with Gasteiger partial charge in [-0.05, 0) is 55.9 Å². The number of hydrogen-bond acceptors (Lipinski definition) is 5. The van der Waals surface area contributed by atoms with Gasteiger partial charge in [0.15, 0.2) is 11.8 Å². The first-order valence-electron chi connectivity index (χ1n) is 9.63. The summed E-state index contributed by atoms with van der Waals surface area (Å²) in [7, 11) is 0. The Balaban J connectivity index is 0.00000240. The van der Waals surface area contributed by atoms with Crippen molar-refractivity contribution in [2.45, 2.75) is 26.7 Å². The average Bonchev–Trinajstić information content (AvgIpc) is 3.18. The Kier molecular flexibility index (Phi) is 6.88. The van der Waals surface area contributed by atoms with Gasteiger partial charge in [0.2, 0.25) is 5.65 Å². The number of halogens is 1. The van der Waals surface area contributed by atoms with Gasteiger partial charge < -0.3 is 16.0 Å². The predicted molar refractivity (Wildman–Crippen MR) is 127 cm³/mol. The monoisotopic (exact) mass is 506 g/mol. The number of hydrogen-bond donors (Lipinski definition) is 2. The number of aromatic nitrogens is 4. The zero-order chi connectivity index (χ0) is 19.5. The van der Waals surface area contributed by atoms with E-state index in [4.69, 9.17) is 5.73 Å². The van der Waals surface area contributed by atoms with Crippen molar-refractivity contribution in [1.82, 2.24) is 19.6 Å². The van der Waals surface area contributed by atoms with Crippen molar-refractivity contribution in [3.8, 4) is 0 Å². The second-order valence-corrected chi connectivity index (χ2v) is 7.42. The molecule has 29 heavy (non-hydrogen) atoms. The molecule has 8 nitrogen and oxygen atoms in total. The summed E-state index contributed by atoms with van der Waals surface area (Å²) in [5.74, 6) is 1.77. The molecule has 3 N–H and O–H groups in total. The van der Waals surface area contributed by atoms with E-state index in [1.54, 1.807) is 12.5 Å². The van der Waals surface area contributed by atoms with E-state index in [1.165, 1.54) is 11.1 Å². The number of nitrogens with zero attached hydrogens (tertiary/aromatic N) is 6. The summed E-state index contributed by atoms with van der Waals surface area (Å²) in [4.78, 5) is 11.4. The Morgan fingerprint density at radius 1 is 1.31 bits per heavy atom. The lowest BCUT2D eigenvalue weighted by atomic mass is 9.98. The minimum absolute atomic E-state index is 0. The van der Waals surface area contributed by atoms with Crippen LogP contribution in [0.25, 0.3) is 5.65 Å². The lowest BCUT2D eigenvalue weighted by molar-refractivity contribution is 0.422. The third-order valence-corrected chi connectivity index (χ3v) is 5.31. The average molecular weight is 506 g/mol. The van der Waals surface area contributed by atoms with Gasteiger partial charge in [0.05, 0.1) is 0 Å². The molecule has 0 saturated carbocycles. The minimum Gasteiger partial charge on any atom is -0.370 e. The molecule has 0 aliphatic carbocycles. The highest BCUT2D eigenvalue weighted by Crippen LogP contribution is 2.24. The summed E-state index contributed by atoms with van der Waals surface area (Å²) in [5.41, 5.74) is 10.4. The van der Waals surface area contributed by atoms with Gasteiger partial charge >= 0.3 is 0 Å². The summed E-state index contributed by atoms with van der Waals surface area (Å²) < 4.78 is 1.90. The van der Waals surface area contributed by atoms with Gasteiger partial charge in [0.25, 0.3) is 0 Å². The molecule has 0 radical (unpaired) electrons. The van der Waals surface area contributed by atoms with E-state index in [0.29, 0.717) is 18.4 Å². The van der Waals surface area contributed by atoms with Gasteiger partial charge in [-0.3, -0.25) is 9.39 Å². The van der Waals surface area contributed by atoms with Crippen LogP contribution in [0.15, 0.2) is 41.9 Å². The highest BCUT2D eigenvalue weighted by molar-refractivity contribution is 14.0. The van der Waals surface area contributed by atoms with Gasteiger partial charge in [0.1, 0.15) is 6.33 Å². The van der Waals surface area contributed by atoms with Gasteiger partial charge in [-0.15, -0.1) is 34.2 Å². The van der Waals surface area contributed by atoms with Crippen LogP contribution in [0.3, 0.4) is 0 Å². The summed E-state index contributed by atoms with van der Waals surface area (Å²) in [5, 5.41) is 11.4. The lowest BCUT2D eigenvalue weighted by Crippen LogP contribution is -2.38. The molecular formula is C20H27IN8. The third kappa shape index (κ3) is 4.95. The van der Waals surface area contributed by atoms with Crippen LogP contribution in [0.4, 0.5) is 11.5 Å². The molecule has 1 aliphatic heterocycles. The van der Waals surface area contributed by atoms with Crippen LogP contribution in [-0.2, 0) is 0 Å². The van der Waals surface area contributed by atoms with E-state index >= 15 is 0 Å². The number of fused-ring (bicyclic) bond motifs is 1. The molecule has 0 spiro atoms. The number of aryl methyl sites for hydroxylation is 2. The van der Waals surface area contributed by atoms with Crippen molar-refractivity contribution in [1.29, 1.82) is 0 Å². The fraction of sp³-hybridized carbons (Fsp3) is 0.400. The van der Waals surface area contributed by atoms with E-state index in [2.05, 4.69) is 56.4 Å². The van der Waals surface area contributed by atoms with Crippen molar-refractivity contribution < 1.29 is 0 Å². The number of nitrogens with one attached hydrogen (secondary N) is 1. The number of aliphatic imine (C=N–C) groups is 1. The molecule has 4 rings (SSSR count). The normalized spacial score (nSPS) is 17.2. The fourth-order valence-corrected chi connectivity index (χ4v) is 3.61. The molecule has 1 saturated heterocycles. The number of guanidine groups is 1. The van der Waals surface area contributed by atoms with Crippen molar-refractivity contribution >= 4 is 47.1 Å². The van der Waals surface area contributed by atoms with Crippen molar-refractivity contribution in [3.63, 3.8) is 0 Å². The van der Waals surface area contributed by atoms with Crippen LogP contribution >= 0.6 is 24.0 Å². The molecule has 1 aromatic carbocycles. The summed E-state index contributed by atoms with van der Waals surface area (Å²) in [6, 6.07) is 6.20. The first kappa shape index (κ1) is 21.3. The Hall–Kier alpha value is -2.43. The Morgan fingerprint density at radius 2 is 2.17 bits per heavy atom. The predicted octanol–water partition coefficient (Wildman–Crippen LogP) is 3.00. The molecule has 3 heterocycles. The zero-order valence-corrected chi connectivity index (χ0v) is 19.1. The molecule has 9 heteroatoms. The summed E-state index contributed by atoms with van der Waals surface area (Å²) in [6.07, 6.45) is 7.59. The second kappa shape index (κ2) is 9.38. The highest BCUT2D eigenvalue weighted by Gasteiger charge is 2.23. The molecule has 1 unspecified atom stereocenters. The van der Waals surface area contributed by atoms with Crippen molar-refractivity contribution in [3.05, 3.63) is 48.0 Å². The van der Waals surface area contributed by atoms with Gasteiger partial charge in [-0.1, -0.05) is 6.07 Å². The van der Waals surface area contributed by atoms with Crippen LogP contribution in [0.1, 0.15) is 24.0 Å². The number of benzene rings is 1. The van der Waals surface area contributed by atoms with Gasteiger partial charge in [-0.25, -0.2) is 4.98 Å². The smallest absolute Gasteiger partial charge is 0.203 e. The molecule has 1 fully saturated rings. The number of piperidine rings is 1. The maximum absolute atomic E-state index is 6.11. The van der Waals surface area contributed by atoms with E-state index in [0.717, 1.165) is 43.1 Å². The first-order chi connectivity index (χ1) is 13.6. The van der Waals surface area contributed by atoms with Crippen molar-refractivity contribution in [2.75, 3.05) is 29.9 Å². The minimum atomic E-state index is 0. The Morgan fingerprint density at radius 3 is 3.00 bits per heavy atom. The Labute approximate surface area is 187 Å². The van der Waals surface area contributed by atoms with E-state index in [-0.39, 0.29) is 24.0 Å². The van der Waals surface area contributed by atoms with Crippen LogP contribution < -0.4 is 16.0 Å². The van der Waals surface area contributed by atoms with E-state index < -0.39 is 0 Å². The Bertz CT molecular complexity index is 999. The van der Waals surface area contributed by atoms with Gasteiger partial charge in [-0.2, -0.15) is 0 Å². The molecule has 154 valence electrons. The number of anilines is 2. The highest BCUT2D eigenvalue weighted by atomic mass is 127. The molecule has 0 bridgehead atoms. The van der Waals surface area contributed by atoms with Crippen molar-refractivity contribution in [2.24, 2.45) is 16.6 Å². The third-order valence-electron chi connectivity index (χ3n) is 5.31. The molecule has 1 atom stereocenters. The fourth-order valence-electron chi connectivity index (χ4n) is 3.61. The van der Waals surface area contributed by atoms with E-state index in [1.807, 2.05) is 16.7 Å². The molecule has 0 amide bonds. The molecular weight excluding hydrogens is 479 g/mol. The van der Waals surface area contributed by atoms with Crippen LogP contribution in [-0.4, -0.2) is 45.2 Å². The standard InChI is InChI=1S/C20H26N8.HI/c1-14-5-6-17(10-15(14)2)25-20(21)23-11-16-4-3-8-27(12-16)18-19-26-24-13-28(19)9-7-22-18;/h5-7,9-10,13,16H,3-4,8,11-12H2,1-2H3,(H3,21,23,25);1H. The SMILES string of the molecule is Cc1ccc(NC(N)=NCC2CCCN(c3nccn4cnnc34)C2)cc1C.I. The maximum atomic E-state index is 6.11. The van der Waals surface area contributed by atoms with Gasteiger partial charge in [0, 0.05) is 37.7 Å². The molecule has 2 aromatic heterocycles. The van der Waals surface area contributed by atoms with Crippen LogP contribution in [0.2, 0.25) is 0 Å². The molecule has 1 aliphatic rings. The van der Waals surface area contributed by atoms with Crippen LogP contribution in [0, 0.1) is 19.8 Å². The topological polar surface area (TPSA) is 96.7 Å². The lowest BCUT2D eigenvalue weighted by Gasteiger charge is -2.32. The first-order valence-corrected chi connectivity index (χ1v) is 9.63. The number of nitrogens with two attached hydrogens (primary N) is 1. The van der Waals surface area contributed by atoms with Crippen LogP contribution in [0.5, 0.6) is 0 Å². The largest absolute Gasteiger partial charge is 0.370 e. The maximum Gasteiger partial charge on any atom is 0.203 e. The number of rotatable bonds is 4. The zero-order valence-electron chi connectivity index (χ0n) is 16.7. The quantitative estimate of drug-likeness (QED) is 0.321. The molecule has 3 aromatic rings. The second-order valence-electron chi connectivity index (χ2n) is 7.42.